The van der Waals surface area contributed by atoms with Gasteiger partial charge in [-0.3, -0.25) is 0 Å². The summed E-state index contributed by atoms with van der Waals surface area (Å²) < 4.78 is 0. The van der Waals surface area contributed by atoms with Crippen LogP contribution in [-0.4, -0.2) is 45.3 Å². The molecule has 2 N–H and O–H groups in total. The predicted molar refractivity (Wildman–Crippen MR) is 97.9 cm³/mol. The number of piperidine rings is 1. The van der Waals surface area contributed by atoms with Crippen LogP contribution in [0, 0.1) is 11.3 Å². The van der Waals surface area contributed by atoms with Crippen molar-refractivity contribution in [1.29, 1.82) is 5.26 Å². The van der Waals surface area contributed by atoms with Gasteiger partial charge >= 0.3 is 0 Å². The van der Waals surface area contributed by atoms with Crippen molar-refractivity contribution in [2.24, 2.45) is 0 Å². The number of nitriles is 1. The van der Waals surface area contributed by atoms with Gasteiger partial charge in [0.2, 0.25) is 5.95 Å². The van der Waals surface area contributed by atoms with Crippen LogP contribution in [0.1, 0.15) is 36.1 Å². The quantitative estimate of drug-likeness (QED) is 0.869. The summed E-state index contributed by atoms with van der Waals surface area (Å²) in [5.74, 6) is 1.23. The third-order valence-electron chi connectivity index (χ3n) is 5.16. The molecule has 1 fully saturated rings. The van der Waals surface area contributed by atoms with Crippen LogP contribution in [0.5, 0.6) is 0 Å². The maximum absolute atomic E-state index is 10.6. The molecule has 0 saturated carbocycles. The fraction of sp³-hybridized carbons (Fsp3) is 0.474. The summed E-state index contributed by atoms with van der Waals surface area (Å²) in [6, 6.07) is 5.92. The van der Waals surface area contributed by atoms with Crippen LogP contribution >= 0.6 is 0 Å². The van der Waals surface area contributed by atoms with E-state index in [1.54, 1.807) is 18.5 Å². The number of fused-ring (bicyclic) bond motifs is 1. The molecule has 0 radical (unpaired) electrons. The van der Waals surface area contributed by atoms with Gasteiger partial charge in [-0.1, -0.05) is 0 Å². The average molecular weight is 350 g/mol. The Kier molecular flexibility index (Phi) is 4.67. The van der Waals surface area contributed by atoms with E-state index in [0.717, 1.165) is 44.3 Å². The molecule has 1 aliphatic carbocycles. The molecule has 7 nitrogen and oxygen atoms in total. The largest absolute Gasteiger partial charge is 0.389 e. The Morgan fingerprint density at radius 3 is 2.81 bits per heavy atom. The lowest BCUT2D eigenvalue weighted by Crippen LogP contribution is -2.50. The third-order valence-corrected chi connectivity index (χ3v) is 5.16. The number of hydrogen-bond acceptors (Lipinski definition) is 7. The molecular weight excluding hydrogens is 328 g/mol. The van der Waals surface area contributed by atoms with Gasteiger partial charge in [-0.25, -0.2) is 15.0 Å². The highest BCUT2D eigenvalue weighted by Crippen LogP contribution is 2.28. The van der Waals surface area contributed by atoms with Crippen molar-refractivity contribution in [3.63, 3.8) is 0 Å². The van der Waals surface area contributed by atoms with E-state index in [0.29, 0.717) is 23.9 Å². The molecule has 4 rings (SSSR count). The molecule has 0 unspecified atom stereocenters. The van der Waals surface area contributed by atoms with Crippen LogP contribution < -0.4 is 10.2 Å². The molecule has 7 heteroatoms. The van der Waals surface area contributed by atoms with Crippen molar-refractivity contribution >= 4 is 11.8 Å². The van der Waals surface area contributed by atoms with Gasteiger partial charge in [0.15, 0.2) is 0 Å². The van der Waals surface area contributed by atoms with Crippen LogP contribution in [0.15, 0.2) is 24.5 Å². The second-order valence-electron chi connectivity index (χ2n) is 6.91. The maximum atomic E-state index is 10.6. The molecule has 2 aliphatic rings. The molecule has 2 aromatic heterocycles. The SMILES string of the molecule is N#Cc1cc2c(nc1N1CC[C@@H](Nc3ncccn3)[C@H](O)C1)CCCC2. The number of aromatic nitrogens is 3. The molecule has 1 aliphatic heterocycles. The van der Waals surface area contributed by atoms with Crippen LogP contribution in [0.4, 0.5) is 11.8 Å². The summed E-state index contributed by atoms with van der Waals surface area (Å²) in [5.41, 5.74) is 2.92. The van der Waals surface area contributed by atoms with Crippen molar-refractivity contribution < 1.29 is 5.11 Å². The molecule has 3 heterocycles. The monoisotopic (exact) mass is 350 g/mol. The number of anilines is 2. The summed E-state index contributed by atoms with van der Waals surface area (Å²) in [7, 11) is 0. The van der Waals surface area contributed by atoms with Gasteiger partial charge in [0.05, 0.1) is 17.7 Å². The minimum absolute atomic E-state index is 0.114. The topological polar surface area (TPSA) is 98.0 Å². The summed E-state index contributed by atoms with van der Waals surface area (Å²) >= 11 is 0. The first-order chi connectivity index (χ1) is 12.7. The second kappa shape index (κ2) is 7.26. The van der Waals surface area contributed by atoms with E-state index in [2.05, 4.69) is 21.4 Å². The molecule has 2 aromatic rings. The zero-order valence-electron chi connectivity index (χ0n) is 14.6. The summed E-state index contributed by atoms with van der Waals surface area (Å²) in [5, 5.41) is 23.3. The minimum atomic E-state index is -0.586. The fourth-order valence-electron chi connectivity index (χ4n) is 3.78. The van der Waals surface area contributed by atoms with E-state index in [-0.39, 0.29) is 6.04 Å². The molecule has 0 amide bonds. The molecular formula is C19H22N6O. The Balaban J connectivity index is 1.51. The third kappa shape index (κ3) is 3.33. The Labute approximate surface area is 152 Å². The number of β-amino-alcohol motifs (C(OH)–C–C–N with tert-alkyl or cyclic N) is 1. The first kappa shape index (κ1) is 16.7. The highest BCUT2D eigenvalue weighted by atomic mass is 16.3. The predicted octanol–water partition coefficient (Wildman–Crippen LogP) is 1.67. The molecule has 0 aromatic carbocycles. The lowest BCUT2D eigenvalue weighted by atomic mass is 9.94. The number of rotatable bonds is 3. The maximum Gasteiger partial charge on any atom is 0.222 e. The van der Waals surface area contributed by atoms with Gasteiger partial charge in [0.25, 0.3) is 0 Å². The van der Waals surface area contributed by atoms with Crippen LogP contribution in [0.3, 0.4) is 0 Å². The number of aryl methyl sites for hydroxylation is 2. The Morgan fingerprint density at radius 1 is 1.23 bits per heavy atom. The Morgan fingerprint density at radius 2 is 2.04 bits per heavy atom. The van der Waals surface area contributed by atoms with Crippen LogP contribution in [0.25, 0.3) is 0 Å². The number of pyridine rings is 1. The molecule has 26 heavy (non-hydrogen) atoms. The van der Waals surface area contributed by atoms with E-state index in [4.69, 9.17) is 4.98 Å². The van der Waals surface area contributed by atoms with Gasteiger partial charge in [0.1, 0.15) is 11.9 Å². The van der Waals surface area contributed by atoms with E-state index >= 15 is 0 Å². The van der Waals surface area contributed by atoms with E-state index < -0.39 is 6.10 Å². The normalized spacial score (nSPS) is 22.4. The lowest BCUT2D eigenvalue weighted by Gasteiger charge is -2.37. The summed E-state index contributed by atoms with van der Waals surface area (Å²) in [6.45, 7) is 1.16. The smallest absolute Gasteiger partial charge is 0.222 e. The summed E-state index contributed by atoms with van der Waals surface area (Å²) in [4.78, 5) is 15.1. The van der Waals surface area contributed by atoms with Gasteiger partial charge in [-0.15, -0.1) is 0 Å². The van der Waals surface area contributed by atoms with Gasteiger partial charge in [0, 0.05) is 31.2 Å². The van der Waals surface area contributed by atoms with E-state index in [9.17, 15) is 10.4 Å². The molecule has 134 valence electrons. The number of aliphatic hydroxyl groups excluding tert-OH is 1. The minimum Gasteiger partial charge on any atom is -0.389 e. The fourth-order valence-corrected chi connectivity index (χ4v) is 3.78. The van der Waals surface area contributed by atoms with Crippen LogP contribution in [0.2, 0.25) is 0 Å². The van der Waals surface area contributed by atoms with E-state index in [1.807, 2.05) is 11.0 Å². The molecule has 0 bridgehead atoms. The highest BCUT2D eigenvalue weighted by Gasteiger charge is 2.30. The number of nitrogens with zero attached hydrogens (tertiary/aromatic N) is 5. The second-order valence-corrected chi connectivity index (χ2v) is 6.91. The standard InChI is InChI=1S/C19H22N6O/c20-11-14-10-13-4-1-2-5-15(13)23-18(14)25-9-6-16(17(26)12-25)24-19-21-7-3-8-22-19/h3,7-8,10,16-17,26H,1-2,4-6,9,12H2,(H,21,22,24)/t16-,17-/m1/s1. The number of aliphatic hydroxyl groups is 1. The van der Waals surface area contributed by atoms with Gasteiger partial charge in [-0.05, 0) is 49.8 Å². The number of hydrogen-bond donors (Lipinski definition) is 2. The molecule has 0 spiro atoms. The van der Waals surface area contributed by atoms with Gasteiger partial charge in [-0.2, -0.15) is 5.26 Å². The molecule has 2 atom stereocenters. The first-order valence-corrected chi connectivity index (χ1v) is 9.14. The van der Waals surface area contributed by atoms with Crippen molar-refractivity contribution in [2.45, 2.75) is 44.2 Å². The molecule has 1 saturated heterocycles. The average Bonchev–Trinajstić information content (AvgIpc) is 2.69. The highest BCUT2D eigenvalue weighted by molar-refractivity contribution is 5.57. The lowest BCUT2D eigenvalue weighted by molar-refractivity contribution is 0.139. The van der Waals surface area contributed by atoms with Gasteiger partial charge < -0.3 is 15.3 Å². The van der Waals surface area contributed by atoms with Crippen LogP contribution in [-0.2, 0) is 12.8 Å². The van der Waals surface area contributed by atoms with Crippen molar-refractivity contribution in [1.82, 2.24) is 15.0 Å². The first-order valence-electron chi connectivity index (χ1n) is 9.14. The Hall–Kier alpha value is -2.72. The van der Waals surface area contributed by atoms with Crippen molar-refractivity contribution in [3.05, 3.63) is 41.3 Å². The van der Waals surface area contributed by atoms with Crippen molar-refractivity contribution in [3.8, 4) is 6.07 Å². The zero-order chi connectivity index (χ0) is 17.9. The number of nitrogens with one attached hydrogen (secondary N) is 1. The van der Waals surface area contributed by atoms with E-state index in [1.165, 1.54) is 5.56 Å². The zero-order valence-corrected chi connectivity index (χ0v) is 14.6. The van der Waals surface area contributed by atoms with Crippen molar-refractivity contribution in [2.75, 3.05) is 23.3 Å². The summed E-state index contributed by atoms with van der Waals surface area (Å²) in [6.07, 6.45) is 7.77. The Bertz CT molecular complexity index is 819.